The molecular weight excluding hydrogens is 256 g/mol. The fraction of sp³-hybridized carbons (Fsp3) is 0.533. The van der Waals surface area contributed by atoms with Crippen molar-refractivity contribution >= 4 is 5.91 Å². The van der Waals surface area contributed by atoms with Crippen molar-refractivity contribution in [3.8, 4) is 11.5 Å². The van der Waals surface area contributed by atoms with E-state index in [1.54, 1.807) is 0 Å². The van der Waals surface area contributed by atoms with Gasteiger partial charge in [-0.2, -0.15) is 0 Å². The molecule has 1 saturated carbocycles. The predicted molar refractivity (Wildman–Crippen MR) is 74.7 cm³/mol. The minimum absolute atomic E-state index is 0.0812. The van der Waals surface area contributed by atoms with Crippen LogP contribution in [0.4, 0.5) is 0 Å². The Bertz CT molecular complexity index is 484. The molecule has 1 fully saturated rings. The van der Waals surface area contributed by atoms with Crippen LogP contribution >= 0.6 is 0 Å². The summed E-state index contributed by atoms with van der Waals surface area (Å²) in [5.74, 6) is 1.64. The van der Waals surface area contributed by atoms with Gasteiger partial charge in [-0.3, -0.25) is 4.79 Å². The largest absolute Gasteiger partial charge is 0.454 e. The van der Waals surface area contributed by atoms with Crippen molar-refractivity contribution in [2.24, 2.45) is 0 Å². The Labute approximate surface area is 118 Å². The normalized spacial score (nSPS) is 17.4. The summed E-state index contributed by atoms with van der Waals surface area (Å²) in [6, 6.07) is 6.22. The molecule has 1 aliphatic heterocycles. The van der Waals surface area contributed by atoms with E-state index < -0.39 is 0 Å². The van der Waals surface area contributed by atoms with Gasteiger partial charge in [0.2, 0.25) is 12.7 Å². The summed E-state index contributed by atoms with van der Waals surface area (Å²) in [4.78, 5) is 11.8. The third-order valence-electron chi connectivity index (χ3n) is 3.77. The molecule has 0 atom stereocenters. The lowest BCUT2D eigenvalue weighted by molar-refractivity contribution is -0.120. The molecule has 0 saturated heterocycles. The van der Waals surface area contributed by atoms with Crippen molar-refractivity contribution in [3.63, 3.8) is 0 Å². The highest BCUT2D eigenvalue weighted by Gasteiger charge is 2.17. The third kappa shape index (κ3) is 3.22. The highest BCUT2D eigenvalue weighted by Crippen LogP contribution is 2.32. The first-order valence-electron chi connectivity index (χ1n) is 7.20. The summed E-state index contributed by atoms with van der Waals surface area (Å²) in [6.45, 7) is 1.29. The zero-order chi connectivity index (χ0) is 13.8. The van der Waals surface area contributed by atoms with Crippen molar-refractivity contribution in [1.29, 1.82) is 0 Å². The van der Waals surface area contributed by atoms with Crippen LogP contribution in [0, 0.1) is 0 Å². The van der Waals surface area contributed by atoms with Gasteiger partial charge in [-0.1, -0.05) is 18.9 Å². The number of nitrogens with one attached hydrogen (secondary N) is 2. The van der Waals surface area contributed by atoms with Crippen LogP contribution < -0.4 is 20.1 Å². The molecule has 1 aromatic rings. The van der Waals surface area contributed by atoms with Crippen LogP contribution in [0.25, 0.3) is 0 Å². The number of ether oxygens (including phenoxy) is 2. The van der Waals surface area contributed by atoms with E-state index in [0.29, 0.717) is 19.1 Å². The van der Waals surface area contributed by atoms with Crippen molar-refractivity contribution in [1.82, 2.24) is 10.6 Å². The second-order valence-electron chi connectivity index (χ2n) is 5.34. The Morgan fingerprint density at radius 3 is 2.85 bits per heavy atom. The Morgan fingerprint density at radius 2 is 2.00 bits per heavy atom. The van der Waals surface area contributed by atoms with E-state index in [4.69, 9.17) is 9.47 Å². The van der Waals surface area contributed by atoms with Crippen LogP contribution in [0.3, 0.4) is 0 Å². The molecular formula is C15H20N2O3. The van der Waals surface area contributed by atoms with Crippen molar-refractivity contribution in [2.75, 3.05) is 13.3 Å². The first kappa shape index (κ1) is 13.2. The molecule has 108 valence electrons. The average molecular weight is 276 g/mol. The zero-order valence-electron chi connectivity index (χ0n) is 11.5. The monoisotopic (exact) mass is 276 g/mol. The summed E-state index contributed by atoms with van der Waals surface area (Å²) in [5.41, 5.74) is 1.09. The van der Waals surface area contributed by atoms with Crippen molar-refractivity contribution in [2.45, 2.75) is 38.3 Å². The molecule has 0 spiro atoms. The first-order chi connectivity index (χ1) is 9.81. The summed E-state index contributed by atoms with van der Waals surface area (Å²) in [7, 11) is 0. The fourth-order valence-electron chi connectivity index (χ4n) is 2.72. The number of carbonyl (C=O) groups excluding carboxylic acids is 1. The van der Waals surface area contributed by atoms with Crippen LogP contribution in [-0.2, 0) is 11.3 Å². The molecule has 0 bridgehead atoms. The molecule has 3 rings (SSSR count). The van der Waals surface area contributed by atoms with E-state index in [9.17, 15) is 4.79 Å². The highest BCUT2D eigenvalue weighted by molar-refractivity contribution is 5.78. The summed E-state index contributed by atoms with van der Waals surface area (Å²) < 4.78 is 10.6. The lowest BCUT2D eigenvalue weighted by Crippen LogP contribution is -2.38. The molecule has 1 heterocycles. The quantitative estimate of drug-likeness (QED) is 0.857. The first-order valence-corrected chi connectivity index (χ1v) is 7.20. The molecule has 1 aromatic carbocycles. The number of hydrogen-bond donors (Lipinski definition) is 2. The van der Waals surface area contributed by atoms with Gasteiger partial charge in [0.25, 0.3) is 0 Å². The molecule has 0 aromatic heterocycles. The minimum Gasteiger partial charge on any atom is -0.454 e. The summed E-state index contributed by atoms with van der Waals surface area (Å²) in [6.07, 6.45) is 4.70. The number of rotatable bonds is 5. The Kier molecular flexibility index (Phi) is 4.06. The van der Waals surface area contributed by atoms with Gasteiger partial charge in [0.05, 0.1) is 6.54 Å². The van der Waals surface area contributed by atoms with Crippen LogP contribution in [0.5, 0.6) is 11.5 Å². The molecule has 2 aliphatic rings. The maximum absolute atomic E-state index is 11.8. The SMILES string of the molecule is O=C(CNCc1ccc2c(c1)OCO2)NC1CCCC1. The molecule has 1 amide bonds. The van der Waals surface area contributed by atoms with Crippen molar-refractivity contribution in [3.05, 3.63) is 23.8 Å². The molecule has 1 aliphatic carbocycles. The van der Waals surface area contributed by atoms with E-state index >= 15 is 0 Å². The van der Waals surface area contributed by atoms with Crippen LogP contribution in [0.15, 0.2) is 18.2 Å². The summed E-state index contributed by atoms with van der Waals surface area (Å²) >= 11 is 0. The predicted octanol–water partition coefficient (Wildman–Crippen LogP) is 1.56. The van der Waals surface area contributed by atoms with E-state index in [2.05, 4.69) is 10.6 Å². The van der Waals surface area contributed by atoms with Gasteiger partial charge in [-0.05, 0) is 30.5 Å². The number of benzene rings is 1. The number of carbonyl (C=O) groups is 1. The Hall–Kier alpha value is -1.75. The lowest BCUT2D eigenvalue weighted by Gasteiger charge is -2.12. The number of hydrogen-bond acceptors (Lipinski definition) is 4. The number of amides is 1. The van der Waals surface area contributed by atoms with Crippen LogP contribution in [0.1, 0.15) is 31.2 Å². The standard InChI is InChI=1S/C15H20N2O3/c18-15(17-12-3-1-2-4-12)9-16-8-11-5-6-13-14(7-11)20-10-19-13/h5-7,12,16H,1-4,8-10H2,(H,17,18). The Balaban J connectivity index is 1.42. The molecule has 5 nitrogen and oxygen atoms in total. The number of fused-ring (bicyclic) bond motifs is 1. The van der Waals surface area contributed by atoms with Gasteiger partial charge in [0, 0.05) is 12.6 Å². The summed E-state index contributed by atoms with van der Waals surface area (Å²) in [5, 5.41) is 6.22. The van der Waals surface area contributed by atoms with Gasteiger partial charge in [0.1, 0.15) is 0 Å². The van der Waals surface area contributed by atoms with Gasteiger partial charge in [-0.25, -0.2) is 0 Å². The van der Waals surface area contributed by atoms with Gasteiger partial charge in [-0.15, -0.1) is 0 Å². The molecule has 0 radical (unpaired) electrons. The Morgan fingerprint density at radius 1 is 1.20 bits per heavy atom. The third-order valence-corrected chi connectivity index (χ3v) is 3.77. The highest BCUT2D eigenvalue weighted by atomic mass is 16.7. The van der Waals surface area contributed by atoms with E-state index in [-0.39, 0.29) is 12.7 Å². The van der Waals surface area contributed by atoms with E-state index in [1.165, 1.54) is 12.8 Å². The average Bonchev–Trinajstić information content (AvgIpc) is 3.09. The van der Waals surface area contributed by atoms with Gasteiger partial charge in [0.15, 0.2) is 11.5 Å². The second kappa shape index (κ2) is 6.13. The minimum atomic E-state index is 0.0812. The zero-order valence-corrected chi connectivity index (χ0v) is 11.5. The molecule has 2 N–H and O–H groups in total. The lowest BCUT2D eigenvalue weighted by atomic mass is 10.2. The van der Waals surface area contributed by atoms with E-state index in [0.717, 1.165) is 29.9 Å². The maximum atomic E-state index is 11.8. The van der Waals surface area contributed by atoms with Crippen LogP contribution in [-0.4, -0.2) is 25.3 Å². The second-order valence-corrected chi connectivity index (χ2v) is 5.34. The van der Waals surface area contributed by atoms with Crippen LogP contribution in [0.2, 0.25) is 0 Å². The molecule has 20 heavy (non-hydrogen) atoms. The van der Waals surface area contributed by atoms with E-state index in [1.807, 2.05) is 18.2 Å². The topological polar surface area (TPSA) is 59.6 Å². The molecule has 5 heteroatoms. The van der Waals surface area contributed by atoms with Gasteiger partial charge < -0.3 is 20.1 Å². The maximum Gasteiger partial charge on any atom is 0.234 e. The fourth-order valence-corrected chi connectivity index (χ4v) is 2.72. The van der Waals surface area contributed by atoms with Gasteiger partial charge >= 0.3 is 0 Å². The smallest absolute Gasteiger partial charge is 0.234 e. The van der Waals surface area contributed by atoms with Crippen molar-refractivity contribution < 1.29 is 14.3 Å². The molecule has 0 unspecified atom stereocenters.